The number of carbonyl (C=O) groups is 1. The van der Waals surface area contributed by atoms with Crippen molar-refractivity contribution >= 4 is 5.91 Å². The Bertz CT molecular complexity index is 151. The lowest BCUT2D eigenvalue weighted by atomic mass is 10.1. The number of carbonyl (C=O) groups excluding carboxylic acids is 1. The number of rotatable bonds is 8. The second-order valence-corrected chi connectivity index (χ2v) is 3.24. The SMILES string of the molecule is CCCCC(N)C(=O)NCCOCC. The number of nitrogens with two attached hydrogens (primary N) is 1. The summed E-state index contributed by atoms with van der Waals surface area (Å²) in [6.07, 6.45) is 2.83. The summed E-state index contributed by atoms with van der Waals surface area (Å²) in [5.41, 5.74) is 5.67. The van der Waals surface area contributed by atoms with Crippen LogP contribution in [-0.4, -0.2) is 31.7 Å². The predicted molar refractivity (Wildman–Crippen MR) is 57.0 cm³/mol. The van der Waals surface area contributed by atoms with Crippen molar-refractivity contribution in [3.8, 4) is 0 Å². The molecule has 0 aromatic rings. The molecule has 0 aliphatic carbocycles. The van der Waals surface area contributed by atoms with Crippen molar-refractivity contribution in [2.24, 2.45) is 5.73 Å². The van der Waals surface area contributed by atoms with E-state index in [0.29, 0.717) is 19.8 Å². The van der Waals surface area contributed by atoms with Gasteiger partial charge in [-0.15, -0.1) is 0 Å². The zero-order valence-corrected chi connectivity index (χ0v) is 9.21. The molecule has 0 aromatic carbocycles. The van der Waals surface area contributed by atoms with E-state index >= 15 is 0 Å². The van der Waals surface area contributed by atoms with Crippen LogP contribution < -0.4 is 11.1 Å². The van der Waals surface area contributed by atoms with Gasteiger partial charge in [-0.25, -0.2) is 0 Å². The lowest BCUT2D eigenvalue weighted by molar-refractivity contribution is -0.122. The standard InChI is InChI=1S/C10H22N2O2/c1-3-5-6-9(11)10(13)12-7-8-14-4-2/h9H,3-8,11H2,1-2H3,(H,12,13). The van der Waals surface area contributed by atoms with Crippen molar-refractivity contribution in [3.05, 3.63) is 0 Å². The summed E-state index contributed by atoms with van der Waals surface area (Å²) in [7, 11) is 0. The second kappa shape index (κ2) is 8.97. The van der Waals surface area contributed by atoms with Crippen LogP contribution in [-0.2, 0) is 9.53 Å². The molecule has 0 fully saturated rings. The molecule has 1 amide bonds. The summed E-state index contributed by atoms with van der Waals surface area (Å²) in [5.74, 6) is -0.0712. The average Bonchev–Trinajstić information content (AvgIpc) is 2.20. The van der Waals surface area contributed by atoms with Crippen molar-refractivity contribution in [2.45, 2.75) is 39.2 Å². The number of unbranched alkanes of at least 4 members (excludes halogenated alkanes) is 1. The van der Waals surface area contributed by atoms with E-state index < -0.39 is 0 Å². The molecule has 0 saturated heterocycles. The molecule has 0 aliphatic heterocycles. The van der Waals surface area contributed by atoms with Crippen LogP contribution >= 0.6 is 0 Å². The van der Waals surface area contributed by atoms with E-state index in [0.717, 1.165) is 19.3 Å². The summed E-state index contributed by atoms with van der Waals surface area (Å²) < 4.78 is 5.09. The molecule has 84 valence electrons. The fraction of sp³-hybridized carbons (Fsp3) is 0.900. The summed E-state index contributed by atoms with van der Waals surface area (Å²) in [4.78, 5) is 11.3. The van der Waals surface area contributed by atoms with Gasteiger partial charge in [-0.05, 0) is 13.3 Å². The van der Waals surface area contributed by atoms with Gasteiger partial charge in [0.15, 0.2) is 0 Å². The fourth-order valence-electron chi connectivity index (χ4n) is 1.08. The third-order valence-corrected chi connectivity index (χ3v) is 1.96. The maximum absolute atomic E-state index is 11.3. The van der Waals surface area contributed by atoms with Crippen LogP contribution in [0.15, 0.2) is 0 Å². The maximum atomic E-state index is 11.3. The molecule has 14 heavy (non-hydrogen) atoms. The normalized spacial score (nSPS) is 12.5. The van der Waals surface area contributed by atoms with E-state index in [-0.39, 0.29) is 11.9 Å². The number of hydrogen-bond donors (Lipinski definition) is 2. The van der Waals surface area contributed by atoms with Gasteiger partial charge in [0.1, 0.15) is 0 Å². The van der Waals surface area contributed by atoms with Crippen LogP contribution in [0.2, 0.25) is 0 Å². The molecule has 0 aromatic heterocycles. The van der Waals surface area contributed by atoms with Gasteiger partial charge in [0.25, 0.3) is 0 Å². The molecular formula is C10H22N2O2. The average molecular weight is 202 g/mol. The van der Waals surface area contributed by atoms with Gasteiger partial charge in [0.2, 0.25) is 5.91 Å². The van der Waals surface area contributed by atoms with E-state index in [1.165, 1.54) is 0 Å². The van der Waals surface area contributed by atoms with Crippen LogP contribution in [0.1, 0.15) is 33.1 Å². The highest BCUT2D eigenvalue weighted by Gasteiger charge is 2.11. The number of nitrogens with one attached hydrogen (secondary N) is 1. The first-order chi connectivity index (χ1) is 6.72. The Morgan fingerprint density at radius 1 is 1.50 bits per heavy atom. The molecule has 0 bridgehead atoms. The highest BCUT2D eigenvalue weighted by molar-refractivity contribution is 5.81. The summed E-state index contributed by atoms with van der Waals surface area (Å²) >= 11 is 0. The molecule has 0 aliphatic rings. The Hall–Kier alpha value is -0.610. The van der Waals surface area contributed by atoms with Gasteiger partial charge >= 0.3 is 0 Å². The Morgan fingerprint density at radius 3 is 2.79 bits per heavy atom. The van der Waals surface area contributed by atoms with Gasteiger partial charge in [0.05, 0.1) is 12.6 Å². The highest BCUT2D eigenvalue weighted by Crippen LogP contribution is 1.97. The van der Waals surface area contributed by atoms with Crippen LogP contribution in [0.4, 0.5) is 0 Å². The molecule has 0 spiro atoms. The van der Waals surface area contributed by atoms with E-state index in [1.807, 2.05) is 6.92 Å². The topological polar surface area (TPSA) is 64.4 Å². The molecule has 4 heteroatoms. The minimum atomic E-state index is -0.364. The van der Waals surface area contributed by atoms with Crippen molar-refractivity contribution in [3.63, 3.8) is 0 Å². The van der Waals surface area contributed by atoms with Crippen molar-refractivity contribution in [1.29, 1.82) is 0 Å². The first-order valence-corrected chi connectivity index (χ1v) is 5.33. The van der Waals surface area contributed by atoms with Crippen molar-refractivity contribution in [1.82, 2.24) is 5.32 Å². The fourth-order valence-corrected chi connectivity index (χ4v) is 1.08. The first kappa shape index (κ1) is 13.4. The van der Waals surface area contributed by atoms with Gasteiger partial charge < -0.3 is 15.8 Å². The number of amides is 1. The molecule has 1 atom stereocenters. The minimum absolute atomic E-state index is 0.0712. The summed E-state index contributed by atoms with van der Waals surface area (Å²) in [6, 6.07) is -0.364. The van der Waals surface area contributed by atoms with Gasteiger partial charge in [0, 0.05) is 13.2 Å². The zero-order valence-electron chi connectivity index (χ0n) is 9.21. The molecule has 0 rings (SSSR count). The third-order valence-electron chi connectivity index (χ3n) is 1.96. The van der Waals surface area contributed by atoms with Crippen LogP contribution in [0.5, 0.6) is 0 Å². The van der Waals surface area contributed by atoms with E-state index in [2.05, 4.69) is 12.2 Å². The molecule has 1 unspecified atom stereocenters. The number of hydrogen-bond acceptors (Lipinski definition) is 3. The molecular weight excluding hydrogens is 180 g/mol. The molecule has 3 N–H and O–H groups in total. The smallest absolute Gasteiger partial charge is 0.236 e. The van der Waals surface area contributed by atoms with E-state index in [4.69, 9.17) is 10.5 Å². The lowest BCUT2D eigenvalue weighted by Crippen LogP contribution is -2.41. The second-order valence-electron chi connectivity index (χ2n) is 3.24. The Kier molecular flexibility index (Phi) is 8.57. The highest BCUT2D eigenvalue weighted by atomic mass is 16.5. The lowest BCUT2D eigenvalue weighted by Gasteiger charge is -2.11. The Labute approximate surface area is 86.2 Å². The predicted octanol–water partition coefficient (Wildman–Crippen LogP) is 0.657. The Balaban J connectivity index is 3.42. The molecule has 4 nitrogen and oxygen atoms in total. The molecule has 0 heterocycles. The van der Waals surface area contributed by atoms with Crippen LogP contribution in [0.25, 0.3) is 0 Å². The number of ether oxygens (including phenoxy) is 1. The summed E-state index contributed by atoms with van der Waals surface area (Å²) in [5, 5.41) is 2.74. The van der Waals surface area contributed by atoms with Gasteiger partial charge in [-0.1, -0.05) is 19.8 Å². The van der Waals surface area contributed by atoms with E-state index in [9.17, 15) is 4.79 Å². The molecule has 0 radical (unpaired) electrons. The van der Waals surface area contributed by atoms with Crippen LogP contribution in [0, 0.1) is 0 Å². The third kappa shape index (κ3) is 6.86. The first-order valence-electron chi connectivity index (χ1n) is 5.33. The van der Waals surface area contributed by atoms with Gasteiger partial charge in [-0.3, -0.25) is 4.79 Å². The van der Waals surface area contributed by atoms with E-state index in [1.54, 1.807) is 0 Å². The largest absolute Gasteiger partial charge is 0.380 e. The van der Waals surface area contributed by atoms with Crippen molar-refractivity contribution in [2.75, 3.05) is 19.8 Å². The van der Waals surface area contributed by atoms with Crippen molar-refractivity contribution < 1.29 is 9.53 Å². The maximum Gasteiger partial charge on any atom is 0.236 e. The summed E-state index contributed by atoms with van der Waals surface area (Å²) in [6.45, 7) is 5.79. The molecule has 0 saturated carbocycles. The zero-order chi connectivity index (χ0) is 10.8. The van der Waals surface area contributed by atoms with Gasteiger partial charge in [-0.2, -0.15) is 0 Å². The quantitative estimate of drug-likeness (QED) is 0.568. The Morgan fingerprint density at radius 2 is 2.21 bits per heavy atom. The minimum Gasteiger partial charge on any atom is -0.380 e. The van der Waals surface area contributed by atoms with Crippen LogP contribution in [0.3, 0.4) is 0 Å². The monoisotopic (exact) mass is 202 g/mol.